The lowest BCUT2D eigenvalue weighted by atomic mass is 9.82. The van der Waals surface area contributed by atoms with Gasteiger partial charge in [-0.05, 0) is 93.1 Å². The molecule has 0 saturated carbocycles. The van der Waals surface area contributed by atoms with Crippen molar-refractivity contribution in [3.05, 3.63) is 86.5 Å². The minimum Gasteiger partial charge on any atom is -0.395 e. The molecular weight excluding hydrogens is 686 g/mol. The fourth-order valence-electron chi connectivity index (χ4n) is 6.86. The number of anilines is 1. The van der Waals surface area contributed by atoms with Crippen LogP contribution in [0.5, 0.6) is 0 Å². The molecule has 1 saturated heterocycles. The number of rotatable bonds is 12. The average Bonchev–Trinajstić information content (AvgIpc) is 3.37. The molecule has 2 aromatic carbocycles. The Morgan fingerprint density at radius 1 is 1.16 bits per heavy atom. The second kappa shape index (κ2) is 14.4. The van der Waals surface area contributed by atoms with E-state index in [-0.39, 0.29) is 31.4 Å². The number of nitrogens with zero attached hydrogens (tertiary/aromatic N) is 2. The number of hydrogen-bond acceptors (Lipinski definition) is 4. The Labute approximate surface area is 276 Å². The van der Waals surface area contributed by atoms with Gasteiger partial charge in [-0.2, -0.15) is 0 Å². The van der Waals surface area contributed by atoms with E-state index in [1.807, 2.05) is 55.5 Å². The maximum absolute atomic E-state index is 16.2. The molecule has 2 aromatic rings. The van der Waals surface area contributed by atoms with Crippen LogP contribution in [0.25, 0.3) is 0 Å². The Bertz CT molecular complexity index is 1410. The third-order valence-corrected chi connectivity index (χ3v) is 12.1. The molecule has 238 valence electrons. The van der Waals surface area contributed by atoms with Gasteiger partial charge in [0.25, 0.3) is 5.91 Å². The Hall–Kier alpha value is -2.34. The number of hydrogen-bond donors (Lipinski definition) is 1. The molecule has 1 spiro atoms. The van der Waals surface area contributed by atoms with Crippen LogP contribution in [-0.4, -0.2) is 56.0 Å². The summed E-state index contributed by atoms with van der Waals surface area (Å²) in [5.41, 5.74) is 3.02. The van der Waals surface area contributed by atoms with Gasteiger partial charge < -0.3 is 23.8 Å². The summed E-state index contributed by atoms with van der Waals surface area (Å²) in [6, 6.07) is 15.5. The van der Waals surface area contributed by atoms with Crippen molar-refractivity contribution in [2.75, 3.05) is 24.6 Å². The highest BCUT2D eigenvalue weighted by Crippen LogP contribution is 2.60. The van der Waals surface area contributed by atoms with Crippen LogP contribution in [0.2, 0.25) is 18.6 Å². The van der Waals surface area contributed by atoms with Gasteiger partial charge in [-0.1, -0.05) is 60.6 Å². The van der Waals surface area contributed by atoms with Crippen molar-refractivity contribution in [2.24, 2.45) is 5.92 Å². The highest BCUT2D eigenvalue weighted by atomic mass is 127. The molecule has 2 heterocycles. The number of aliphatic hydroxyl groups is 1. The number of carbonyl (C=O) groups is 2. The van der Waals surface area contributed by atoms with Crippen LogP contribution in [0.4, 0.5) is 9.80 Å². The van der Waals surface area contributed by atoms with E-state index in [2.05, 4.69) is 55.5 Å². The first-order valence-corrected chi connectivity index (χ1v) is 19.5. The average molecular weight is 733 g/mol. The molecule has 1 N–H and O–H groups in total. The Morgan fingerprint density at radius 2 is 1.86 bits per heavy atom. The topological polar surface area (TPSA) is 70.1 Å². The number of halogens is 2. The smallest absolute Gasteiger partial charge is 0.264 e. The van der Waals surface area contributed by atoms with Gasteiger partial charge in [0.1, 0.15) is 0 Å². The first-order valence-electron chi connectivity index (χ1n) is 15.5. The minimum atomic E-state index is -3.42. The molecule has 0 aliphatic carbocycles. The molecule has 6 nitrogen and oxygen atoms in total. The van der Waals surface area contributed by atoms with Gasteiger partial charge in [-0.3, -0.25) is 9.59 Å². The van der Waals surface area contributed by atoms with Crippen LogP contribution >= 0.6 is 22.6 Å². The summed E-state index contributed by atoms with van der Waals surface area (Å²) in [7, 11) is -3.42. The van der Waals surface area contributed by atoms with Gasteiger partial charge in [-0.15, -0.1) is 0 Å². The fraction of sp³-hybridized carbons (Fsp3) is 0.486. The number of allylic oxidation sites excluding steroid dienone is 3. The molecule has 0 radical (unpaired) electrons. The molecule has 2 amide bonds. The zero-order valence-corrected chi connectivity index (χ0v) is 29.9. The maximum Gasteiger partial charge on any atom is 0.264 e. The quantitative estimate of drug-likeness (QED) is 0.106. The second-order valence-corrected chi connectivity index (χ2v) is 18.0. The molecule has 44 heavy (non-hydrogen) atoms. The molecule has 2 aliphatic rings. The van der Waals surface area contributed by atoms with Crippen molar-refractivity contribution in [3.63, 3.8) is 0 Å². The molecule has 0 bridgehead atoms. The summed E-state index contributed by atoms with van der Waals surface area (Å²) < 4.78 is 24.0. The number of amides is 2. The van der Waals surface area contributed by atoms with Crippen molar-refractivity contribution in [1.29, 1.82) is 0 Å². The van der Waals surface area contributed by atoms with Gasteiger partial charge in [-0.25, -0.2) is 0 Å². The largest absolute Gasteiger partial charge is 0.395 e. The van der Waals surface area contributed by atoms with E-state index in [4.69, 9.17) is 4.74 Å². The van der Waals surface area contributed by atoms with Gasteiger partial charge >= 0.3 is 0 Å². The zero-order valence-electron chi connectivity index (χ0n) is 26.8. The van der Waals surface area contributed by atoms with Crippen LogP contribution in [0.15, 0.2) is 71.8 Å². The lowest BCUT2D eigenvalue weighted by Crippen LogP contribution is -2.45. The van der Waals surface area contributed by atoms with Gasteiger partial charge in [0.15, 0.2) is 5.60 Å². The summed E-state index contributed by atoms with van der Waals surface area (Å²) in [5, 5.41) is 9.74. The molecule has 9 heteroatoms. The number of benzene rings is 2. The fourth-order valence-corrected chi connectivity index (χ4v) is 9.84. The van der Waals surface area contributed by atoms with Gasteiger partial charge in [0.2, 0.25) is 14.3 Å². The van der Waals surface area contributed by atoms with Crippen LogP contribution < -0.4 is 4.90 Å². The third-order valence-electron chi connectivity index (χ3n) is 8.95. The number of ether oxygens (including phenoxy) is 1. The SMILES string of the molecule is CC(C)=CCC/C(C)=C/CN1C(=O)[C@]2(O[C@H](CC(=O)N(CCO)Cc3ccccc3)[C@@H]([Si](C)(C)F)[C@@H]2C)c2cc(I)ccc21. The lowest BCUT2D eigenvalue weighted by Gasteiger charge is -2.31. The monoisotopic (exact) mass is 732 g/mol. The van der Waals surface area contributed by atoms with Crippen LogP contribution in [0.3, 0.4) is 0 Å². The van der Waals surface area contributed by atoms with Crippen molar-refractivity contribution in [1.82, 2.24) is 4.90 Å². The van der Waals surface area contributed by atoms with Crippen molar-refractivity contribution in [3.8, 4) is 0 Å². The van der Waals surface area contributed by atoms with Crippen LogP contribution in [0.1, 0.15) is 58.1 Å². The van der Waals surface area contributed by atoms with E-state index < -0.39 is 31.6 Å². The summed E-state index contributed by atoms with van der Waals surface area (Å²) in [6.07, 6.45) is 5.34. The minimum absolute atomic E-state index is 0.0557. The van der Waals surface area contributed by atoms with Gasteiger partial charge in [0, 0.05) is 40.2 Å². The molecule has 2 aliphatic heterocycles. The first kappa shape index (κ1) is 34.5. The first-order chi connectivity index (χ1) is 20.8. The molecule has 4 rings (SSSR count). The number of aliphatic hydroxyl groups excluding tert-OH is 1. The third kappa shape index (κ3) is 7.37. The molecule has 4 atom stereocenters. The highest BCUT2D eigenvalue weighted by Gasteiger charge is 2.67. The molecular formula is C35H46FIN2O4Si. The normalized spacial score (nSPS) is 23.3. The predicted molar refractivity (Wildman–Crippen MR) is 186 cm³/mol. The summed E-state index contributed by atoms with van der Waals surface area (Å²) in [5.74, 6) is -0.880. The molecule has 1 fully saturated rings. The van der Waals surface area contributed by atoms with E-state index in [1.165, 1.54) is 11.1 Å². The van der Waals surface area contributed by atoms with Crippen molar-refractivity contribution >= 4 is 48.5 Å². The summed E-state index contributed by atoms with van der Waals surface area (Å²) in [6.45, 7) is 12.2. The Balaban J connectivity index is 1.66. The maximum atomic E-state index is 16.2. The van der Waals surface area contributed by atoms with Crippen LogP contribution in [0, 0.1) is 9.49 Å². The molecule has 0 aromatic heterocycles. The van der Waals surface area contributed by atoms with E-state index >= 15 is 4.11 Å². The van der Waals surface area contributed by atoms with Gasteiger partial charge in [0.05, 0.1) is 24.8 Å². The highest BCUT2D eigenvalue weighted by molar-refractivity contribution is 14.1. The molecule has 0 unspecified atom stereocenters. The van der Waals surface area contributed by atoms with E-state index in [1.54, 1.807) is 22.9 Å². The lowest BCUT2D eigenvalue weighted by molar-refractivity contribution is -0.149. The van der Waals surface area contributed by atoms with Crippen molar-refractivity contribution < 1.29 is 23.5 Å². The second-order valence-electron chi connectivity index (χ2n) is 12.9. The summed E-state index contributed by atoms with van der Waals surface area (Å²) >= 11 is 2.24. The summed E-state index contributed by atoms with van der Waals surface area (Å²) in [4.78, 5) is 31.6. The predicted octanol–water partition coefficient (Wildman–Crippen LogP) is 7.52. The van der Waals surface area contributed by atoms with E-state index in [9.17, 15) is 14.7 Å². The van der Waals surface area contributed by atoms with E-state index in [0.717, 1.165) is 33.2 Å². The Kier molecular flexibility index (Phi) is 11.3. The number of fused-ring (bicyclic) bond motifs is 2. The Morgan fingerprint density at radius 3 is 2.50 bits per heavy atom. The number of carbonyl (C=O) groups excluding carboxylic acids is 2. The van der Waals surface area contributed by atoms with Crippen LogP contribution in [-0.2, 0) is 26.5 Å². The van der Waals surface area contributed by atoms with E-state index in [0.29, 0.717) is 13.1 Å². The standard InChI is InChI=1S/C35H46FIN2O4Si/c1-24(2)11-10-12-25(3)17-18-39-30-16-15-28(37)21-29(30)35(34(39)42)26(4)33(44(5,6)36)31(43-35)22-32(41)38(19-20-40)23-27-13-8-7-9-14-27/h7-9,11,13-17,21,26,31,33,40H,10,12,18-20,22-23H2,1-6H3/b25-17+/t26-,31+,33-,35+/m0/s1. The van der Waals surface area contributed by atoms with Crippen molar-refractivity contribution in [2.45, 2.75) is 83.8 Å². The zero-order chi connectivity index (χ0) is 32.2.